The van der Waals surface area contributed by atoms with Crippen molar-refractivity contribution in [3.05, 3.63) is 53.1 Å². The SMILES string of the molecule is Cc1nc(N(C)Cc2cccc(F)c2)ncc1CN. The van der Waals surface area contributed by atoms with Gasteiger partial charge < -0.3 is 10.6 Å². The number of anilines is 1. The maximum atomic E-state index is 13.1. The lowest BCUT2D eigenvalue weighted by Gasteiger charge is -2.18. The quantitative estimate of drug-likeness (QED) is 0.913. The third-order valence-corrected chi connectivity index (χ3v) is 2.94. The van der Waals surface area contributed by atoms with E-state index in [1.165, 1.54) is 12.1 Å². The van der Waals surface area contributed by atoms with Crippen molar-refractivity contribution in [2.24, 2.45) is 5.73 Å². The van der Waals surface area contributed by atoms with E-state index in [0.717, 1.165) is 16.8 Å². The molecular weight excluding hydrogens is 243 g/mol. The molecule has 0 unspecified atom stereocenters. The van der Waals surface area contributed by atoms with Crippen molar-refractivity contribution in [3.8, 4) is 0 Å². The molecule has 2 rings (SSSR count). The second-order valence-electron chi connectivity index (χ2n) is 4.47. The molecule has 1 aromatic heterocycles. The fourth-order valence-corrected chi connectivity index (χ4v) is 1.84. The van der Waals surface area contributed by atoms with E-state index in [9.17, 15) is 4.39 Å². The van der Waals surface area contributed by atoms with Crippen LogP contribution < -0.4 is 10.6 Å². The normalized spacial score (nSPS) is 10.5. The number of halogens is 1. The van der Waals surface area contributed by atoms with Crippen molar-refractivity contribution >= 4 is 5.95 Å². The minimum absolute atomic E-state index is 0.235. The first-order valence-electron chi connectivity index (χ1n) is 6.08. The van der Waals surface area contributed by atoms with Gasteiger partial charge in [-0.05, 0) is 24.6 Å². The Morgan fingerprint density at radius 2 is 2.16 bits per heavy atom. The van der Waals surface area contributed by atoms with E-state index in [1.807, 2.05) is 24.9 Å². The van der Waals surface area contributed by atoms with Crippen molar-refractivity contribution in [1.82, 2.24) is 9.97 Å². The summed E-state index contributed by atoms with van der Waals surface area (Å²) in [4.78, 5) is 10.6. The van der Waals surface area contributed by atoms with Gasteiger partial charge in [-0.15, -0.1) is 0 Å². The largest absolute Gasteiger partial charge is 0.340 e. The molecule has 1 aromatic carbocycles. The molecule has 0 aliphatic carbocycles. The Kier molecular flexibility index (Phi) is 4.06. The minimum atomic E-state index is -0.235. The number of benzene rings is 1. The molecule has 0 radical (unpaired) electrons. The zero-order valence-electron chi connectivity index (χ0n) is 11.1. The summed E-state index contributed by atoms with van der Waals surface area (Å²) in [5.41, 5.74) is 8.27. The molecule has 100 valence electrons. The smallest absolute Gasteiger partial charge is 0.225 e. The summed E-state index contributed by atoms with van der Waals surface area (Å²) in [7, 11) is 1.88. The second-order valence-corrected chi connectivity index (χ2v) is 4.47. The van der Waals surface area contributed by atoms with Crippen LogP contribution in [0.2, 0.25) is 0 Å². The minimum Gasteiger partial charge on any atom is -0.340 e. The van der Waals surface area contributed by atoms with Gasteiger partial charge in [0.05, 0.1) is 0 Å². The number of aryl methyl sites for hydroxylation is 1. The van der Waals surface area contributed by atoms with Crippen molar-refractivity contribution in [3.63, 3.8) is 0 Å². The fraction of sp³-hybridized carbons (Fsp3) is 0.286. The molecule has 0 saturated carbocycles. The Morgan fingerprint density at radius 1 is 1.37 bits per heavy atom. The van der Waals surface area contributed by atoms with Crippen molar-refractivity contribution in [2.75, 3.05) is 11.9 Å². The zero-order valence-corrected chi connectivity index (χ0v) is 11.1. The predicted octanol–water partition coefficient (Wildman–Crippen LogP) is 2.02. The maximum absolute atomic E-state index is 13.1. The molecule has 2 aromatic rings. The molecule has 2 N–H and O–H groups in total. The average molecular weight is 260 g/mol. The van der Waals surface area contributed by atoms with Crippen LogP contribution >= 0.6 is 0 Å². The van der Waals surface area contributed by atoms with Crippen molar-refractivity contribution in [2.45, 2.75) is 20.0 Å². The van der Waals surface area contributed by atoms with E-state index >= 15 is 0 Å². The first-order valence-corrected chi connectivity index (χ1v) is 6.08. The third-order valence-electron chi connectivity index (χ3n) is 2.94. The highest BCUT2D eigenvalue weighted by Gasteiger charge is 2.08. The first kappa shape index (κ1) is 13.4. The monoisotopic (exact) mass is 260 g/mol. The second kappa shape index (κ2) is 5.75. The molecule has 5 heteroatoms. The highest BCUT2D eigenvalue weighted by atomic mass is 19.1. The van der Waals surface area contributed by atoms with Gasteiger partial charge in [0, 0.05) is 37.6 Å². The fourth-order valence-electron chi connectivity index (χ4n) is 1.84. The summed E-state index contributed by atoms with van der Waals surface area (Å²) in [5.74, 6) is 0.375. The lowest BCUT2D eigenvalue weighted by molar-refractivity contribution is 0.625. The molecule has 4 nitrogen and oxygen atoms in total. The highest BCUT2D eigenvalue weighted by molar-refractivity contribution is 5.33. The Labute approximate surface area is 112 Å². The van der Waals surface area contributed by atoms with Crippen LogP contribution in [-0.4, -0.2) is 17.0 Å². The van der Waals surface area contributed by atoms with E-state index in [2.05, 4.69) is 9.97 Å². The van der Waals surface area contributed by atoms with Crippen LogP contribution in [0.15, 0.2) is 30.5 Å². The molecule has 0 spiro atoms. The number of nitrogens with two attached hydrogens (primary N) is 1. The van der Waals surface area contributed by atoms with Gasteiger partial charge in [-0.25, -0.2) is 14.4 Å². The molecule has 0 atom stereocenters. The van der Waals surface area contributed by atoms with Gasteiger partial charge in [-0.3, -0.25) is 0 Å². The van der Waals surface area contributed by atoms with Crippen LogP contribution in [0.1, 0.15) is 16.8 Å². The van der Waals surface area contributed by atoms with Crippen molar-refractivity contribution in [1.29, 1.82) is 0 Å². The summed E-state index contributed by atoms with van der Waals surface area (Å²) < 4.78 is 13.1. The molecule has 0 saturated heterocycles. The van der Waals surface area contributed by atoms with Crippen LogP contribution in [0.5, 0.6) is 0 Å². The summed E-state index contributed by atoms with van der Waals surface area (Å²) in [6.07, 6.45) is 1.74. The van der Waals surface area contributed by atoms with Gasteiger partial charge >= 0.3 is 0 Å². The molecular formula is C14H17FN4. The van der Waals surface area contributed by atoms with E-state index in [1.54, 1.807) is 12.3 Å². The molecule has 19 heavy (non-hydrogen) atoms. The lowest BCUT2D eigenvalue weighted by Crippen LogP contribution is -2.20. The molecule has 0 fully saturated rings. The van der Waals surface area contributed by atoms with Crippen LogP contribution in [0.3, 0.4) is 0 Å². The topological polar surface area (TPSA) is 55.0 Å². The summed E-state index contributed by atoms with van der Waals surface area (Å²) in [5, 5.41) is 0. The summed E-state index contributed by atoms with van der Waals surface area (Å²) >= 11 is 0. The Balaban J connectivity index is 2.15. The third kappa shape index (κ3) is 3.26. The molecule has 0 aliphatic heterocycles. The van der Waals surface area contributed by atoms with Gasteiger partial charge in [0.1, 0.15) is 5.82 Å². The van der Waals surface area contributed by atoms with Gasteiger partial charge in [-0.1, -0.05) is 12.1 Å². The van der Waals surface area contributed by atoms with E-state index in [-0.39, 0.29) is 5.82 Å². The Bertz CT molecular complexity index is 571. The predicted molar refractivity (Wildman–Crippen MR) is 73.2 cm³/mol. The summed E-state index contributed by atoms with van der Waals surface area (Å²) in [6.45, 7) is 2.89. The standard InChI is InChI=1S/C14H17FN4/c1-10-12(7-16)8-17-14(18-10)19(2)9-11-4-3-5-13(15)6-11/h3-6,8H,7,9,16H2,1-2H3. The van der Waals surface area contributed by atoms with Gasteiger partial charge in [0.15, 0.2) is 0 Å². The number of aromatic nitrogens is 2. The van der Waals surface area contributed by atoms with Crippen LogP contribution in [0, 0.1) is 12.7 Å². The number of hydrogen-bond donors (Lipinski definition) is 1. The van der Waals surface area contributed by atoms with Gasteiger partial charge in [-0.2, -0.15) is 0 Å². The molecule has 0 bridgehead atoms. The number of hydrogen-bond acceptors (Lipinski definition) is 4. The molecule has 0 amide bonds. The van der Waals surface area contributed by atoms with E-state index < -0.39 is 0 Å². The Morgan fingerprint density at radius 3 is 2.79 bits per heavy atom. The number of nitrogens with zero attached hydrogens (tertiary/aromatic N) is 3. The summed E-state index contributed by atoms with van der Waals surface area (Å²) in [6, 6.07) is 6.51. The highest BCUT2D eigenvalue weighted by Crippen LogP contribution is 2.13. The zero-order chi connectivity index (χ0) is 13.8. The lowest BCUT2D eigenvalue weighted by atomic mass is 10.2. The van der Waals surface area contributed by atoms with Crippen LogP contribution in [0.25, 0.3) is 0 Å². The van der Waals surface area contributed by atoms with Crippen molar-refractivity contribution < 1.29 is 4.39 Å². The van der Waals surface area contributed by atoms with Gasteiger partial charge in [0.25, 0.3) is 0 Å². The van der Waals surface area contributed by atoms with Crippen LogP contribution in [0.4, 0.5) is 10.3 Å². The van der Waals surface area contributed by atoms with E-state index in [4.69, 9.17) is 5.73 Å². The van der Waals surface area contributed by atoms with E-state index in [0.29, 0.717) is 19.0 Å². The number of rotatable bonds is 4. The maximum Gasteiger partial charge on any atom is 0.225 e. The molecule has 0 aliphatic rings. The van der Waals surface area contributed by atoms with Crippen LogP contribution in [-0.2, 0) is 13.1 Å². The average Bonchev–Trinajstić information content (AvgIpc) is 2.38. The molecule has 1 heterocycles. The van der Waals surface area contributed by atoms with Gasteiger partial charge in [0.2, 0.25) is 5.95 Å². The first-order chi connectivity index (χ1) is 9.10. The Hall–Kier alpha value is -2.01.